The first-order valence-electron chi connectivity index (χ1n) is 10.4. The van der Waals surface area contributed by atoms with Crippen LogP contribution in [0.2, 0.25) is 0 Å². The molecule has 2 aliphatic rings. The molecule has 1 saturated heterocycles. The Balaban J connectivity index is 1.66. The molecule has 0 spiro atoms. The van der Waals surface area contributed by atoms with Crippen LogP contribution in [-0.4, -0.2) is 41.6 Å². The number of fused-ring (bicyclic) bond motifs is 1. The van der Waals surface area contributed by atoms with E-state index < -0.39 is 0 Å². The molecule has 1 aliphatic carbocycles. The van der Waals surface area contributed by atoms with Gasteiger partial charge in [0.15, 0.2) is 0 Å². The van der Waals surface area contributed by atoms with Crippen molar-refractivity contribution in [3.63, 3.8) is 0 Å². The van der Waals surface area contributed by atoms with Crippen LogP contribution in [0, 0.1) is 18.8 Å². The van der Waals surface area contributed by atoms with Crippen molar-refractivity contribution in [2.75, 3.05) is 13.6 Å². The number of rotatable bonds is 5. The first kappa shape index (κ1) is 21.0. The van der Waals surface area contributed by atoms with Crippen molar-refractivity contribution < 1.29 is 9.59 Å². The molecule has 0 aromatic heterocycles. The Bertz CT molecular complexity index is 759. The van der Waals surface area contributed by atoms with Gasteiger partial charge in [-0.15, -0.1) is 11.8 Å². The highest BCUT2D eigenvalue weighted by Gasteiger charge is 2.42. The summed E-state index contributed by atoms with van der Waals surface area (Å²) in [6, 6.07) is 8.29. The fraction of sp³-hybridized carbons (Fsp3) is 0.565. The second kappa shape index (κ2) is 9.17. The number of amides is 2. The van der Waals surface area contributed by atoms with Crippen LogP contribution in [-0.2, 0) is 9.59 Å². The molecular weight excluding hydrogens is 368 g/mol. The third-order valence-electron chi connectivity index (χ3n) is 5.93. The average molecular weight is 401 g/mol. The first-order chi connectivity index (χ1) is 13.4. The van der Waals surface area contributed by atoms with Crippen LogP contribution in [0.3, 0.4) is 0 Å². The summed E-state index contributed by atoms with van der Waals surface area (Å²) < 4.78 is 0. The van der Waals surface area contributed by atoms with Crippen molar-refractivity contribution in [1.29, 1.82) is 0 Å². The maximum absolute atomic E-state index is 13.0. The molecule has 152 valence electrons. The minimum absolute atomic E-state index is 0.0196. The topological polar surface area (TPSA) is 49.4 Å². The smallest absolute Gasteiger partial charge is 0.260 e. The zero-order valence-corrected chi connectivity index (χ0v) is 18.2. The number of benzene rings is 1. The van der Waals surface area contributed by atoms with Crippen LogP contribution in [0.5, 0.6) is 0 Å². The van der Waals surface area contributed by atoms with Gasteiger partial charge in [-0.25, -0.2) is 0 Å². The van der Waals surface area contributed by atoms with Crippen LogP contribution < -0.4 is 5.32 Å². The summed E-state index contributed by atoms with van der Waals surface area (Å²) in [7, 11) is 1.89. The third kappa shape index (κ3) is 4.80. The van der Waals surface area contributed by atoms with Gasteiger partial charge in [-0.2, -0.15) is 0 Å². The molecule has 0 bridgehead atoms. The van der Waals surface area contributed by atoms with Gasteiger partial charge in [0.25, 0.3) is 5.91 Å². The molecular formula is C23H32N2O2S. The van der Waals surface area contributed by atoms with Crippen molar-refractivity contribution in [2.24, 2.45) is 11.8 Å². The van der Waals surface area contributed by atoms with Gasteiger partial charge in [0, 0.05) is 30.8 Å². The Labute approximate surface area is 173 Å². The molecule has 1 saturated carbocycles. The van der Waals surface area contributed by atoms with E-state index in [0.29, 0.717) is 11.2 Å². The number of hydrogen-bond acceptors (Lipinski definition) is 3. The van der Waals surface area contributed by atoms with E-state index in [1.54, 1.807) is 11.8 Å². The first-order valence-corrected chi connectivity index (χ1v) is 11.2. The summed E-state index contributed by atoms with van der Waals surface area (Å²) in [5, 5.41) is 3.47. The predicted octanol–water partition coefficient (Wildman–Crippen LogP) is 4.24. The minimum atomic E-state index is 0.0196. The second-order valence-corrected chi connectivity index (χ2v) is 9.77. The predicted molar refractivity (Wildman–Crippen MR) is 117 cm³/mol. The second-order valence-electron chi connectivity index (χ2n) is 8.49. The lowest BCUT2D eigenvalue weighted by Gasteiger charge is -2.44. The lowest BCUT2D eigenvalue weighted by atomic mass is 9.83. The van der Waals surface area contributed by atoms with E-state index >= 15 is 0 Å². The fourth-order valence-electron chi connectivity index (χ4n) is 4.05. The monoisotopic (exact) mass is 400 g/mol. The molecule has 1 aliphatic heterocycles. The summed E-state index contributed by atoms with van der Waals surface area (Å²) in [6.07, 6.45) is 5.68. The molecule has 3 atom stereocenters. The standard InChI is InChI=1S/C23H32N2O2S/c1-15(2)11-12-24-22(26)18-9-10-20-19(13-18)25(4)23(27)21(28-20)14-17-8-6-5-7-16(17)3/h5-8,14-15,18-20H,9-13H2,1-4H3,(H,24,26)/b21-14-. The van der Waals surface area contributed by atoms with Crippen molar-refractivity contribution in [3.05, 3.63) is 40.3 Å². The highest BCUT2D eigenvalue weighted by molar-refractivity contribution is 8.04. The quantitative estimate of drug-likeness (QED) is 0.752. The Morgan fingerprint density at radius 3 is 2.79 bits per heavy atom. The van der Waals surface area contributed by atoms with E-state index in [-0.39, 0.29) is 23.8 Å². The number of carbonyl (C=O) groups is 2. The molecule has 5 heteroatoms. The molecule has 1 heterocycles. The molecule has 1 aromatic carbocycles. The van der Waals surface area contributed by atoms with E-state index in [1.807, 2.05) is 30.2 Å². The molecule has 2 fully saturated rings. The summed E-state index contributed by atoms with van der Waals surface area (Å²) in [4.78, 5) is 28.2. The van der Waals surface area contributed by atoms with E-state index in [4.69, 9.17) is 0 Å². The summed E-state index contributed by atoms with van der Waals surface area (Å²) >= 11 is 1.70. The van der Waals surface area contributed by atoms with Crippen LogP contribution in [0.4, 0.5) is 0 Å². The zero-order valence-electron chi connectivity index (χ0n) is 17.4. The summed E-state index contributed by atoms with van der Waals surface area (Å²) in [5.74, 6) is 0.848. The highest BCUT2D eigenvalue weighted by Crippen LogP contribution is 2.43. The molecule has 0 radical (unpaired) electrons. The van der Waals surface area contributed by atoms with Gasteiger partial charge < -0.3 is 10.2 Å². The number of likely N-dealkylation sites (N-methyl/N-ethyl adjacent to an activating group) is 1. The molecule has 3 rings (SSSR count). The van der Waals surface area contributed by atoms with Crippen LogP contribution in [0.1, 0.15) is 50.7 Å². The molecule has 1 N–H and O–H groups in total. The molecule has 28 heavy (non-hydrogen) atoms. The maximum atomic E-state index is 13.0. The highest BCUT2D eigenvalue weighted by atomic mass is 32.2. The third-order valence-corrected chi connectivity index (χ3v) is 7.33. The van der Waals surface area contributed by atoms with E-state index in [2.05, 4.69) is 38.2 Å². The molecule has 1 aromatic rings. The van der Waals surface area contributed by atoms with Crippen molar-refractivity contribution in [3.8, 4) is 0 Å². The lowest BCUT2D eigenvalue weighted by molar-refractivity contribution is -0.131. The normalized spacial score (nSPS) is 26.5. The van der Waals surface area contributed by atoms with E-state index in [0.717, 1.165) is 42.7 Å². The van der Waals surface area contributed by atoms with Gasteiger partial charge in [0.05, 0.1) is 4.91 Å². The summed E-state index contributed by atoms with van der Waals surface area (Å²) in [5.41, 5.74) is 2.28. The average Bonchev–Trinajstić information content (AvgIpc) is 2.67. The van der Waals surface area contributed by atoms with Crippen molar-refractivity contribution >= 4 is 29.7 Å². The zero-order chi connectivity index (χ0) is 20.3. The van der Waals surface area contributed by atoms with Gasteiger partial charge in [-0.3, -0.25) is 9.59 Å². The lowest BCUT2D eigenvalue weighted by Crippen LogP contribution is -2.52. The number of thioether (sulfide) groups is 1. The Morgan fingerprint density at radius 2 is 2.07 bits per heavy atom. The van der Waals surface area contributed by atoms with Crippen molar-refractivity contribution in [1.82, 2.24) is 10.2 Å². The van der Waals surface area contributed by atoms with Crippen molar-refractivity contribution in [2.45, 2.75) is 57.7 Å². The maximum Gasteiger partial charge on any atom is 0.260 e. The van der Waals surface area contributed by atoms with Crippen LogP contribution >= 0.6 is 11.8 Å². The van der Waals surface area contributed by atoms with Crippen LogP contribution in [0.25, 0.3) is 6.08 Å². The number of hydrogen-bond donors (Lipinski definition) is 1. The molecule has 3 unspecified atom stereocenters. The largest absolute Gasteiger partial charge is 0.356 e. The van der Waals surface area contributed by atoms with E-state index in [9.17, 15) is 9.59 Å². The minimum Gasteiger partial charge on any atom is -0.356 e. The Morgan fingerprint density at radius 1 is 1.32 bits per heavy atom. The van der Waals surface area contributed by atoms with Gasteiger partial charge in [-0.05, 0) is 55.7 Å². The Hall–Kier alpha value is -1.75. The van der Waals surface area contributed by atoms with Gasteiger partial charge >= 0.3 is 0 Å². The number of aryl methyl sites for hydroxylation is 1. The SMILES string of the molecule is Cc1ccccc1/C=C1\SC2CCC(C(=O)NCCC(C)C)CC2N(C)C1=O. The number of nitrogens with zero attached hydrogens (tertiary/aromatic N) is 1. The van der Waals surface area contributed by atoms with Gasteiger partial charge in [-0.1, -0.05) is 38.1 Å². The summed E-state index contributed by atoms with van der Waals surface area (Å²) in [6.45, 7) is 7.15. The van der Waals surface area contributed by atoms with Gasteiger partial charge in [0.2, 0.25) is 5.91 Å². The fourth-order valence-corrected chi connectivity index (χ4v) is 5.52. The van der Waals surface area contributed by atoms with Gasteiger partial charge in [0.1, 0.15) is 0 Å². The van der Waals surface area contributed by atoms with E-state index in [1.165, 1.54) is 5.56 Å². The number of nitrogens with one attached hydrogen (secondary N) is 1. The van der Waals surface area contributed by atoms with Crippen LogP contribution in [0.15, 0.2) is 29.2 Å². The number of carbonyl (C=O) groups excluding carboxylic acids is 2. The Kier molecular flexibility index (Phi) is 6.86. The molecule has 2 amide bonds. The molecule has 4 nitrogen and oxygen atoms in total.